The van der Waals surface area contributed by atoms with Crippen LogP contribution in [0, 0.1) is 16.7 Å². The lowest BCUT2D eigenvalue weighted by Crippen LogP contribution is -2.60. The van der Waals surface area contributed by atoms with Crippen LogP contribution in [0.1, 0.15) is 107 Å². The Bertz CT molecular complexity index is 1050. The molecule has 0 saturated carbocycles. The van der Waals surface area contributed by atoms with E-state index in [-0.39, 0.29) is 25.6 Å². The molecule has 0 fully saturated rings. The number of carbonyl (C=O) groups is 3. The van der Waals surface area contributed by atoms with E-state index in [2.05, 4.69) is 65.8 Å². The molecule has 0 bridgehead atoms. The Morgan fingerprint density at radius 2 is 1.22 bits per heavy atom. The van der Waals surface area contributed by atoms with Crippen molar-refractivity contribution in [1.82, 2.24) is 0 Å². The number of unbranched alkanes of at least 4 members (excludes halogenated alkanes) is 3. The van der Waals surface area contributed by atoms with Crippen molar-refractivity contribution >= 4 is 57.9 Å². The van der Waals surface area contributed by atoms with Crippen molar-refractivity contribution in [3.8, 4) is 0 Å². The zero-order valence-corrected chi connectivity index (χ0v) is 38.9. The van der Waals surface area contributed by atoms with Crippen molar-refractivity contribution in [3.63, 3.8) is 0 Å². The molecule has 0 rings (SSSR count). The molecule has 0 N–H and O–H groups in total. The predicted molar refractivity (Wildman–Crippen MR) is 214 cm³/mol. The SMILES string of the molecule is CCCCCCC(C)OC(=O)C(C)(C=[N-])CC(CC(C)(C)C(=O)OCCC[Si](O[Si](C)(C)C)(O[Si](C)(C)C)O[Si](C)(C)C)C(=O)OC(C)(C)C. The van der Waals surface area contributed by atoms with E-state index in [0.717, 1.165) is 31.9 Å². The highest BCUT2D eigenvalue weighted by atomic mass is 28.5. The summed E-state index contributed by atoms with van der Waals surface area (Å²) in [6.45, 7) is 33.6. The first kappa shape index (κ1) is 48.8. The molecule has 294 valence electrons. The Kier molecular flexibility index (Phi) is 19.3. The second-order valence-electron chi connectivity index (χ2n) is 18.7. The Morgan fingerprint density at radius 1 is 0.720 bits per heavy atom. The van der Waals surface area contributed by atoms with Gasteiger partial charge in [-0.25, -0.2) is 6.21 Å². The summed E-state index contributed by atoms with van der Waals surface area (Å²) >= 11 is 0. The van der Waals surface area contributed by atoms with E-state index < -0.39 is 74.0 Å². The summed E-state index contributed by atoms with van der Waals surface area (Å²) in [5.41, 5.74) is -3.39. The molecule has 10 nitrogen and oxygen atoms in total. The van der Waals surface area contributed by atoms with Gasteiger partial charge in [-0.1, -0.05) is 26.2 Å². The molecule has 0 spiro atoms. The molecule has 0 aromatic rings. The van der Waals surface area contributed by atoms with Crippen LogP contribution in [0.25, 0.3) is 5.41 Å². The van der Waals surface area contributed by atoms with Crippen molar-refractivity contribution in [2.75, 3.05) is 6.61 Å². The first-order valence-corrected chi connectivity index (χ1v) is 30.7. The fourth-order valence-corrected chi connectivity index (χ4v) is 20.1. The summed E-state index contributed by atoms with van der Waals surface area (Å²) in [6.07, 6.45) is 5.84. The van der Waals surface area contributed by atoms with Gasteiger partial charge in [0.2, 0.25) is 0 Å². The summed E-state index contributed by atoms with van der Waals surface area (Å²) < 4.78 is 37.6. The smallest absolute Gasteiger partial charge is 0.469 e. The molecule has 0 aliphatic rings. The number of rotatable bonds is 24. The van der Waals surface area contributed by atoms with Gasteiger partial charge in [-0.15, -0.1) is 0 Å². The predicted octanol–water partition coefficient (Wildman–Crippen LogP) is 9.73. The molecule has 0 aliphatic heterocycles. The summed E-state index contributed by atoms with van der Waals surface area (Å²) in [7, 11) is -9.23. The number of nitrogens with zero attached hydrogens (tertiary/aromatic N) is 1. The fourth-order valence-electron chi connectivity index (χ4n) is 5.52. The van der Waals surface area contributed by atoms with Gasteiger partial charge in [0, 0.05) is 6.04 Å². The molecule has 14 heteroatoms. The van der Waals surface area contributed by atoms with Gasteiger partial charge in [0.15, 0.2) is 25.0 Å². The second kappa shape index (κ2) is 19.8. The maximum Gasteiger partial charge on any atom is 0.469 e. The minimum atomic E-state index is -3.09. The van der Waals surface area contributed by atoms with E-state index in [0.29, 0.717) is 18.9 Å². The van der Waals surface area contributed by atoms with E-state index in [1.165, 1.54) is 0 Å². The van der Waals surface area contributed by atoms with Crippen molar-refractivity contribution in [3.05, 3.63) is 5.41 Å². The third-order valence-corrected chi connectivity index (χ3v) is 19.5. The van der Waals surface area contributed by atoms with E-state index in [1.54, 1.807) is 41.5 Å². The van der Waals surface area contributed by atoms with Crippen LogP contribution >= 0.6 is 0 Å². The highest BCUT2D eigenvalue weighted by Crippen LogP contribution is 2.37. The van der Waals surface area contributed by atoms with E-state index in [1.807, 2.05) is 6.92 Å². The van der Waals surface area contributed by atoms with Gasteiger partial charge in [-0.3, -0.25) is 14.4 Å². The Labute approximate surface area is 310 Å². The summed E-state index contributed by atoms with van der Waals surface area (Å²) in [6, 6.07) is 0.532. The maximum atomic E-state index is 13.6. The van der Waals surface area contributed by atoms with Gasteiger partial charge in [0.05, 0.1) is 29.5 Å². The lowest BCUT2D eigenvalue weighted by atomic mass is 9.74. The molecule has 0 aromatic heterocycles. The highest BCUT2D eigenvalue weighted by molar-refractivity contribution is 6.90. The van der Waals surface area contributed by atoms with Gasteiger partial charge in [-0.05, 0) is 139 Å². The highest BCUT2D eigenvalue weighted by Gasteiger charge is 2.50. The number of hydrogen-bond donors (Lipinski definition) is 0. The van der Waals surface area contributed by atoms with Crippen LogP contribution in [-0.2, 0) is 40.9 Å². The van der Waals surface area contributed by atoms with E-state index in [9.17, 15) is 19.8 Å². The molecule has 0 saturated heterocycles. The van der Waals surface area contributed by atoms with Crippen LogP contribution in [0.2, 0.25) is 65.0 Å². The maximum absolute atomic E-state index is 13.6. The molecular weight excluding hydrogens is 703 g/mol. The summed E-state index contributed by atoms with van der Waals surface area (Å²) in [5, 5.41) is 10.3. The Balaban J connectivity index is 5.98. The topological polar surface area (TPSA) is 129 Å². The summed E-state index contributed by atoms with van der Waals surface area (Å²) in [4.78, 5) is 40.5. The lowest BCUT2D eigenvalue weighted by molar-refractivity contribution is -0.166. The first-order valence-electron chi connectivity index (χ1n) is 18.6. The zero-order valence-electron chi connectivity index (χ0n) is 34.9. The fraction of sp³-hybridized carbons (Fsp3) is 0.889. The van der Waals surface area contributed by atoms with Crippen molar-refractivity contribution in [2.45, 2.75) is 183 Å². The van der Waals surface area contributed by atoms with Gasteiger partial charge < -0.3 is 32.0 Å². The van der Waals surface area contributed by atoms with Crippen LogP contribution in [0.4, 0.5) is 0 Å². The van der Waals surface area contributed by atoms with Gasteiger partial charge in [0.25, 0.3) is 0 Å². The third kappa shape index (κ3) is 20.8. The number of esters is 3. The Hall–Kier alpha value is -1.17. The molecule has 0 aliphatic carbocycles. The average Bonchev–Trinajstić information content (AvgIpc) is 2.88. The molecule has 3 unspecified atom stereocenters. The minimum absolute atomic E-state index is 0.0406. The number of ether oxygens (including phenoxy) is 3. The van der Waals surface area contributed by atoms with Crippen LogP contribution < -0.4 is 0 Å². The molecule has 0 radical (unpaired) electrons. The summed E-state index contributed by atoms with van der Waals surface area (Å²) in [5.74, 6) is -2.55. The third-order valence-electron chi connectivity index (χ3n) is 7.49. The van der Waals surface area contributed by atoms with E-state index >= 15 is 0 Å². The molecule has 3 atom stereocenters. The molecular formula is C36H74NO9Si4-. The largest absolute Gasteiger partial charge is 0.813 e. The standard InChI is InChI=1S/C36H74NO9Si4/c1-18-19-20-21-23-29(2)42-33(40)36(8,28-37)27-30(31(38)43-34(3,4)5)26-35(6,7)32(39)41-24-22-25-50(44-47(9,10)11,45-48(12,13)14)46-49(15,16)17/h28-30H,18-27H2,1-17H3/q-1. The quantitative estimate of drug-likeness (QED) is 0.0309. The number of hydrogen-bond acceptors (Lipinski definition) is 9. The Morgan fingerprint density at radius 3 is 1.64 bits per heavy atom. The molecule has 0 heterocycles. The number of carbonyl (C=O) groups excluding carboxylic acids is 3. The molecule has 0 aromatic carbocycles. The lowest BCUT2D eigenvalue weighted by Gasteiger charge is -2.42. The van der Waals surface area contributed by atoms with Gasteiger partial charge >= 0.3 is 26.7 Å². The zero-order chi connectivity index (χ0) is 39.4. The van der Waals surface area contributed by atoms with Crippen LogP contribution in [-0.4, -0.2) is 76.2 Å². The normalized spacial score (nSPS) is 15.9. The van der Waals surface area contributed by atoms with Crippen LogP contribution in [0.5, 0.6) is 0 Å². The van der Waals surface area contributed by atoms with Crippen molar-refractivity contribution < 1.29 is 40.9 Å². The second-order valence-corrected chi connectivity index (χ2v) is 35.7. The van der Waals surface area contributed by atoms with Crippen molar-refractivity contribution in [2.24, 2.45) is 16.7 Å². The van der Waals surface area contributed by atoms with Crippen LogP contribution in [0.15, 0.2) is 0 Å². The van der Waals surface area contributed by atoms with Gasteiger partial charge in [-0.2, -0.15) is 0 Å². The minimum Gasteiger partial charge on any atom is -0.813 e. The molecule has 0 amide bonds. The first-order chi connectivity index (χ1) is 22.4. The molecule has 50 heavy (non-hydrogen) atoms. The average molecular weight is 777 g/mol. The monoisotopic (exact) mass is 776 g/mol. The van der Waals surface area contributed by atoms with Gasteiger partial charge in [0.1, 0.15) is 5.60 Å². The van der Waals surface area contributed by atoms with E-state index in [4.69, 9.17) is 26.6 Å². The van der Waals surface area contributed by atoms with Crippen LogP contribution in [0.3, 0.4) is 0 Å². The van der Waals surface area contributed by atoms with Crippen molar-refractivity contribution in [1.29, 1.82) is 0 Å².